The Bertz CT molecular complexity index is 2120. The van der Waals surface area contributed by atoms with Gasteiger partial charge in [-0.1, -0.05) is 6.07 Å². The minimum atomic E-state index is -3.63. The highest BCUT2D eigenvalue weighted by Crippen LogP contribution is 2.54. The van der Waals surface area contributed by atoms with E-state index in [-0.39, 0.29) is 17.7 Å². The highest BCUT2D eigenvalue weighted by Gasteiger charge is 2.47. The van der Waals surface area contributed by atoms with Crippen molar-refractivity contribution in [1.82, 2.24) is 30.1 Å². The summed E-state index contributed by atoms with van der Waals surface area (Å²) >= 11 is 1.50. The van der Waals surface area contributed by atoms with E-state index in [9.17, 15) is 8.42 Å². The lowest BCUT2D eigenvalue weighted by molar-refractivity contribution is 0.0639. The molecular weight excluding hydrogens is 635 g/mol. The van der Waals surface area contributed by atoms with Crippen LogP contribution in [0.2, 0.25) is 0 Å². The van der Waals surface area contributed by atoms with Crippen molar-refractivity contribution in [2.24, 2.45) is 11.8 Å². The molecular formula is C34H35N7O4S2. The number of aryl methyl sites for hydroxylation is 3. The van der Waals surface area contributed by atoms with E-state index in [4.69, 9.17) is 14.1 Å². The van der Waals surface area contributed by atoms with E-state index in [1.165, 1.54) is 16.9 Å². The Morgan fingerprint density at radius 3 is 2.72 bits per heavy atom. The number of pyridine rings is 2. The fourth-order valence-corrected chi connectivity index (χ4v) is 11.0. The second-order valence-corrected chi connectivity index (χ2v) is 16.3. The first-order valence-corrected chi connectivity index (χ1v) is 19.0. The van der Waals surface area contributed by atoms with Gasteiger partial charge in [-0.3, -0.25) is 9.97 Å². The maximum Gasteiger partial charge on any atom is 0.250 e. The van der Waals surface area contributed by atoms with Crippen molar-refractivity contribution < 1.29 is 17.6 Å². The van der Waals surface area contributed by atoms with Crippen LogP contribution in [0.5, 0.6) is 0 Å². The smallest absolute Gasteiger partial charge is 0.250 e. The van der Waals surface area contributed by atoms with Gasteiger partial charge in [0.25, 0.3) is 0 Å². The van der Waals surface area contributed by atoms with Crippen LogP contribution in [0.15, 0.2) is 40.0 Å². The van der Waals surface area contributed by atoms with Gasteiger partial charge in [-0.15, -0.1) is 21.5 Å². The SMILES string of the molecule is Cc1nnc(-c2c(CCC3CCOCC3)nc3c(c2-c2cc4ncnc(N[C@@H]5CCc6ncccc65)c4s2)S(=O)(=O)C[C@@H]3C2CC2)o1. The van der Waals surface area contributed by atoms with Crippen LogP contribution in [0.1, 0.15) is 79.0 Å². The highest BCUT2D eigenvalue weighted by atomic mass is 32.2. The molecule has 242 valence electrons. The fourth-order valence-electron chi connectivity index (χ4n) is 7.69. The van der Waals surface area contributed by atoms with Crippen molar-refractivity contribution in [2.75, 3.05) is 24.3 Å². The van der Waals surface area contributed by atoms with E-state index in [1.54, 1.807) is 13.3 Å². The van der Waals surface area contributed by atoms with E-state index in [0.29, 0.717) is 51.8 Å². The number of aromatic nitrogens is 6. The molecule has 7 heterocycles. The molecule has 47 heavy (non-hydrogen) atoms. The molecule has 2 fully saturated rings. The third kappa shape index (κ3) is 5.23. The summed E-state index contributed by atoms with van der Waals surface area (Å²) in [7, 11) is -3.63. The molecule has 9 rings (SSSR count). The van der Waals surface area contributed by atoms with Gasteiger partial charge < -0.3 is 14.5 Å². The molecule has 13 heteroatoms. The summed E-state index contributed by atoms with van der Waals surface area (Å²) in [6.07, 6.45) is 10.9. The number of nitrogens with zero attached hydrogens (tertiary/aromatic N) is 6. The summed E-state index contributed by atoms with van der Waals surface area (Å²) in [4.78, 5) is 20.2. The molecule has 0 bridgehead atoms. The summed E-state index contributed by atoms with van der Waals surface area (Å²) in [5.41, 5.74) is 5.83. The molecule has 2 aliphatic heterocycles. The summed E-state index contributed by atoms with van der Waals surface area (Å²) in [5.74, 6) is 2.30. The Morgan fingerprint density at radius 1 is 1.04 bits per heavy atom. The van der Waals surface area contributed by atoms with Crippen molar-refractivity contribution in [2.45, 2.75) is 75.1 Å². The number of nitrogens with one attached hydrogen (secondary N) is 1. The lowest BCUT2D eigenvalue weighted by Crippen LogP contribution is -2.17. The van der Waals surface area contributed by atoms with E-state index in [2.05, 4.69) is 36.5 Å². The van der Waals surface area contributed by atoms with Crippen molar-refractivity contribution in [1.29, 1.82) is 0 Å². The topological polar surface area (TPSA) is 146 Å². The molecule has 1 N–H and O–H groups in total. The van der Waals surface area contributed by atoms with Gasteiger partial charge in [0.05, 0.1) is 43.9 Å². The van der Waals surface area contributed by atoms with Gasteiger partial charge in [0.2, 0.25) is 11.8 Å². The Labute approximate surface area is 276 Å². The fraction of sp³-hybridized carbons (Fsp3) is 0.471. The Hall–Kier alpha value is -3.81. The first kappa shape index (κ1) is 29.3. The number of anilines is 1. The average molecular weight is 670 g/mol. The molecule has 1 saturated heterocycles. The van der Waals surface area contributed by atoms with Crippen molar-refractivity contribution in [3.63, 3.8) is 0 Å². The van der Waals surface area contributed by atoms with Crippen LogP contribution in [-0.2, 0) is 27.4 Å². The van der Waals surface area contributed by atoms with Crippen LogP contribution in [0.3, 0.4) is 0 Å². The van der Waals surface area contributed by atoms with Gasteiger partial charge in [-0.05, 0) is 80.9 Å². The second-order valence-electron chi connectivity index (χ2n) is 13.3. The first-order valence-electron chi connectivity index (χ1n) is 16.6. The summed E-state index contributed by atoms with van der Waals surface area (Å²) in [5, 5.41) is 12.3. The maximum atomic E-state index is 14.2. The third-order valence-electron chi connectivity index (χ3n) is 10.2. The summed E-state index contributed by atoms with van der Waals surface area (Å²) in [6.45, 7) is 3.29. The summed E-state index contributed by atoms with van der Waals surface area (Å²) < 4.78 is 40.9. The molecule has 4 aliphatic rings. The Morgan fingerprint density at radius 2 is 1.91 bits per heavy atom. The van der Waals surface area contributed by atoms with E-state index in [1.807, 2.05) is 18.3 Å². The van der Waals surface area contributed by atoms with E-state index < -0.39 is 9.84 Å². The summed E-state index contributed by atoms with van der Waals surface area (Å²) in [6, 6.07) is 6.16. The molecule has 0 unspecified atom stereocenters. The molecule has 2 atom stereocenters. The molecule has 0 aromatic carbocycles. The van der Waals surface area contributed by atoms with Crippen molar-refractivity contribution >= 4 is 37.2 Å². The molecule has 5 aromatic heterocycles. The normalized spacial score (nSPS) is 22.1. The van der Waals surface area contributed by atoms with Crippen LogP contribution >= 0.6 is 11.3 Å². The van der Waals surface area contributed by atoms with Crippen LogP contribution < -0.4 is 5.32 Å². The number of hydrogen-bond donors (Lipinski definition) is 1. The number of sulfone groups is 1. The molecule has 11 nitrogen and oxygen atoms in total. The number of ether oxygens (including phenoxy) is 1. The molecule has 5 aromatic rings. The zero-order valence-electron chi connectivity index (χ0n) is 26.1. The minimum absolute atomic E-state index is 0.0842. The number of thiophene rings is 1. The molecule has 1 saturated carbocycles. The molecule has 0 amide bonds. The number of fused-ring (bicyclic) bond motifs is 3. The zero-order chi connectivity index (χ0) is 31.7. The van der Waals surface area contributed by atoms with Crippen LogP contribution in [0.25, 0.3) is 32.1 Å². The van der Waals surface area contributed by atoms with Crippen LogP contribution in [0.4, 0.5) is 5.82 Å². The molecule has 0 spiro atoms. The second kappa shape index (κ2) is 11.4. The van der Waals surface area contributed by atoms with E-state index >= 15 is 0 Å². The molecule has 0 radical (unpaired) electrons. The lowest BCUT2D eigenvalue weighted by atomic mass is 9.90. The van der Waals surface area contributed by atoms with Crippen molar-refractivity contribution in [3.05, 3.63) is 59.3 Å². The Balaban J connectivity index is 1.22. The minimum Gasteiger partial charge on any atom is -0.421 e. The average Bonchev–Trinajstić information content (AvgIpc) is 3.36. The van der Waals surface area contributed by atoms with Gasteiger partial charge in [0.1, 0.15) is 12.1 Å². The van der Waals surface area contributed by atoms with Crippen LogP contribution in [-0.4, -0.2) is 57.5 Å². The predicted molar refractivity (Wildman–Crippen MR) is 177 cm³/mol. The van der Waals surface area contributed by atoms with Gasteiger partial charge >= 0.3 is 0 Å². The predicted octanol–water partition coefficient (Wildman–Crippen LogP) is 6.25. The van der Waals surface area contributed by atoms with Gasteiger partial charge in [0.15, 0.2) is 9.84 Å². The number of rotatable bonds is 8. The number of hydrogen-bond acceptors (Lipinski definition) is 12. The molecule has 2 aliphatic carbocycles. The van der Waals surface area contributed by atoms with Gasteiger partial charge in [-0.2, -0.15) is 0 Å². The Kier molecular flexibility index (Phi) is 7.13. The lowest BCUT2D eigenvalue weighted by Gasteiger charge is -2.23. The standard InChI is InChI=1S/C34H35N7O4S2/c1-18-40-41-34(45-18)28-25(7-4-19-10-13-44-14-11-19)38-30-22(20-5-6-20)16-47(42,43)32(30)29(28)27-15-26-31(46-27)33(37-17-36-26)39-24-9-8-23-21(24)3-2-12-35-23/h2-3,12,15,17,19-20,22,24H,4-11,13-14,16H2,1H3,(H,36,37,39)/t22-,24-/m1/s1. The maximum absolute atomic E-state index is 14.2. The quantitative estimate of drug-likeness (QED) is 0.200. The van der Waals surface area contributed by atoms with Gasteiger partial charge in [-0.25, -0.2) is 18.4 Å². The van der Waals surface area contributed by atoms with Gasteiger partial charge in [0, 0.05) is 48.4 Å². The monoisotopic (exact) mass is 669 g/mol. The van der Waals surface area contributed by atoms with Crippen molar-refractivity contribution in [3.8, 4) is 21.9 Å². The third-order valence-corrected chi connectivity index (χ3v) is 13.2. The largest absolute Gasteiger partial charge is 0.421 e. The zero-order valence-corrected chi connectivity index (χ0v) is 27.7. The van der Waals surface area contributed by atoms with E-state index in [0.717, 1.165) is 90.5 Å². The van der Waals surface area contributed by atoms with Crippen LogP contribution in [0, 0.1) is 18.8 Å². The first-order chi connectivity index (χ1) is 22.9. The highest BCUT2D eigenvalue weighted by molar-refractivity contribution is 7.92.